The molecule has 0 saturated heterocycles. The van der Waals surface area contributed by atoms with Gasteiger partial charge < -0.3 is 4.74 Å². The minimum Gasteiger partial charge on any atom is -0.497 e. The van der Waals surface area contributed by atoms with Crippen molar-refractivity contribution in [2.24, 2.45) is 0 Å². The zero-order valence-electron chi connectivity index (χ0n) is 16.5. The highest BCUT2D eigenvalue weighted by Crippen LogP contribution is 2.27. The van der Waals surface area contributed by atoms with Crippen LogP contribution in [0.4, 0.5) is 0 Å². The van der Waals surface area contributed by atoms with Gasteiger partial charge >= 0.3 is 0 Å². The topological polar surface area (TPSA) is 68.3 Å². The molecule has 0 unspecified atom stereocenters. The quantitative estimate of drug-likeness (QED) is 0.679. The lowest BCUT2D eigenvalue weighted by Gasteiger charge is -2.15. The number of sulfonamides is 1. The van der Waals surface area contributed by atoms with Crippen LogP contribution in [0, 0.1) is 20.8 Å². The maximum Gasteiger partial charge on any atom is 0.240 e. The number of aromatic nitrogens is 1. The third kappa shape index (κ3) is 4.40. The van der Waals surface area contributed by atoms with E-state index in [1.807, 2.05) is 51.1 Å². The lowest BCUT2D eigenvalue weighted by atomic mass is 10.0. The van der Waals surface area contributed by atoms with Gasteiger partial charge in [0.15, 0.2) is 0 Å². The largest absolute Gasteiger partial charge is 0.497 e. The fourth-order valence-corrected chi connectivity index (χ4v) is 4.04. The van der Waals surface area contributed by atoms with Gasteiger partial charge in [-0.2, -0.15) is 0 Å². The standard InChI is InChI=1S/C22H24N2O3S/c1-15-5-11-20(12-6-15)28(25,26)23-14-21-16(2)13-17(3)24-22(21)18-7-9-19(27-4)10-8-18/h5-13,23H,14H2,1-4H3. The summed E-state index contributed by atoms with van der Waals surface area (Å²) < 4.78 is 33.3. The maximum absolute atomic E-state index is 12.7. The van der Waals surface area contributed by atoms with E-state index in [2.05, 4.69) is 9.71 Å². The molecule has 0 aliphatic heterocycles. The van der Waals surface area contributed by atoms with Gasteiger partial charge in [-0.1, -0.05) is 17.7 Å². The van der Waals surface area contributed by atoms with E-state index in [1.54, 1.807) is 31.4 Å². The SMILES string of the molecule is COc1ccc(-c2nc(C)cc(C)c2CNS(=O)(=O)c2ccc(C)cc2)cc1. The molecule has 6 heteroatoms. The fraction of sp³-hybridized carbons (Fsp3) is 0.227. The zero-order valence-corrected chi connectivity index (χ0v) is 17.3. The molecular formula is C22H24N2O3S. The highest BCUT2D eigenvalue weighted by atomic mass is 32.2. The number of rotatable bonds is 6. The number of nitrogens with one attached hydrogen (secondary N) is 1. The molecule has 1 N–H and O–H groups in total. The Kier molecular flexibility index (Phi) is 5.82. The van der Waals surface area contributed by atoms with Crippen molar-refractivity contribution in [2.75, 3.05) is 7.11 Å². The number of hydrogen-bond acceptors (Lipinski definition) is 4. The van der Waals surface area contributed by atoms with E-state index in [9.17, 15) is 8.42 Å². The molecule has 5 nitrogen and oxygen atoms in total. The summed E-state index contributed by atoms with van der Waals surface area (Å²) in [5.41, 5.74) is 5.42. The Hall–Kier alpha value is -2.70. The van der Waals surface area contributed by atoms with Crippen LogP contribution >= 0.6 is 0 Å². The molecule has 0 radical (unpaired) electrons. The van der Waals surface area contributed by atoms with E-state index >= 15 is 0 Å². The number of hydrogen-bond donors (Lipinski definition) is 1. The first-order valence-corrected chi connectivity index (χ1v) is 10.5. The second-order valence-electron chi connectivity index (χ2n) is 6.77. The molecule has 0 aliphatic carbocycles. The number of pyridine rings is 1. The van der Waals surface area contributed by atoms with Crippen molar-refractivity contribution in [1.29, 1.82) is 0 Å². The molecule has 0 atom stereocenters. The van der Waals surface area contributed by atoms with Gasteiger partial charge in [-0.25, -0.2) is 13.1 Å². The van der Waals surface area contributed by atoms with Crippen molar-refractivity contribution >= 4 is 10.0 Å². The summed E-state index contributed by atoms with van der Waals surface area (Å²) in [5, 5.41) is 0. The van der Waals surface area contributed by atoms with E-state index in [0.717, 1.165) is 39.4 Å². The molecule has 0 amide bonds. The number of benzene rings is 2. The van der Waals surface area contributed by atoms with E-state index in [1.165, 1.54) is 0 Å². The second kappa shape index (κ2) is 8.12. The van der Waals surface area contributed by atoms with E-state index in [-0.39, 0.29) is 11.4 Å². The first-order valence-electron chi connectivity index (χ1n) is 8.98. The van der Waals surface area contributed by atoms with Gasteiger partial charge in [0.25, 0.3) is 0 Å². The smallest absolute Gasteiger partial charge is 0.240 e. The van der Waals surface area contributed by atoms with Crippen LogP contribution in [-0.2, 0) is 16.6 Å². The third-order valence-electron chi connectivity index (χ3n) is 4.61. The minimum atomic E-state index is -3.61. The Balaban J connectivity index is 1.94. The predicted molar refractivity (Wildman–Crippen MR) is 111 cm³/mol. The lowest BCUT2D eigenvalue weighted by molar-refractivity contribution is 0.415. The van der Waals surface area contributed by atoms with Crippen molar-refractivity contribution in [3.8, 4) is 17.0 Å². The molecule has 3 rings (SSSR count). The average molecular weight is 397 g/mol. The van der Waals surface area contributed by atoms with E-state index < -0.39 is 10.0 Å². The molecule has 0 bridgehead atoms. The van der Waals surface area contributed by atoms with Gasteiger partial charge in [-0.3, -0.25) is 4.98 Å². The maximum atomic E-state index is 12.7. The molecule has 1 heterocycles. The van der Waals surface area contributed by atoms with Crippen molar-refractivity contribution < 1.29 is 13.2 Å². The molecule has 0 spiro atoms. The summed E-state index contributed by atoms with van der Waals surface area (Å²) in [6.45, 7) is 5.99. The Morgan fingerprint density at radius 2 is 1.61 bits per heavy atom. The number of ether oxygens (including phenoxy) is 1. The number of methoxy groups -OCH3 is 1. The Morgan fingerprint density at radius 1 is 0.964 bits per heavy atom. The van der Waals surface area contributed by atoms with E-state index in [0.29, 0.717) is 0 Å². The summed E-state index contributed by atoms with van der Waals surface area (Å²) in [6, 6.07) is 16.4. The molecular weight excluding hydrogens is 372 g/mol. The Labute approximate surface area is 166 Å². The monoisotopic (exact) mass is 396 g/mol. The van der Waals surface area contributed by atoms with Crippen molar-refractivity contribution in [3.63, 3.8) is 0 Å². The van der Waals surface area contributed by atoms with Crippen LogP contribution in [0.2, 0.25) is 0 Å². The number of aryl methyl sites for hydroxylation is 3. The van der Waals surface area contributed by atoms with Crippen LogP contribution in [0.3, 0.4) is 0 Å². The molecule has 2 aromatic carbocycles. The van der Waals surface area contributed by atoms with Gasteiger partial charge in [-0.15, -0.1) is 0 Å². The molecule has 0 saturated carbocycles. The summed E-state index contributed by atoms with van der Waals surface area (Å²) >= 11 is 0. The number of nitrogens with zero attached hydrogens (tertiary/aromatic N) is 1. The zero-order chi connectivity index (χ0) is 20.3. The molecule has 1 aromatic heterocycles. The van der Waals surface area contributed by atoms with Crippen LogP contribution in [0.1, 0.15) is 22.4 Å². The summed E-state index contributed by atoms with van der Waals surface area (Å²) in [6.07, 6.45) is 0. The van der Waals surface area contributed by atoms with E-state index in [4.69, 9.17) is 4.74 Å². The highest BCUT2D eigenvalue weighted by Gasteiger charge is 2.17. The molecule has 0 fully saturated rings. The van der Waals surface area contributed by atoms with Gasteiger partial charge in [0.05, 0.1) is 17.7 Å². The summed E-state index contributed by atoms with van der Waals surface area (Å²) in [5.74, 6) is 0.759. The van der Waals surface area contributed by atoms with Gasteiger partial charge in [0.2, 0.25) is 10.0 Å². The predicted octanol–water partition coefficient (Wildman–Crippen LogP) is 4.16. The van der Waals surface area contributed by atoms with Crippen LogP contribution < -0.4 is 9.46 Å². The average Bonchev–Trinajstić information content (AvgIpc) is 2.67. The van der Waals surface area contributed by atoms with Crippen molar-refractivity contribution in [3.05, 3.63) is 77.0 Å². The van der Waals surface area contributed by atoms with Crippen LogP contribution in [0.25, 0.3) is 11.3 Å². The summed E-state index contributed by atoms with van der Waals surface area (Å²) in [7, 11) is -1.99. The highest BCUT2D eigenvalue weighted by molar-refractivity contribution is 7.89. The second-order valence-corrected chi connectivity index (χ2v) is 8.54. The first-order chi connectivity index (χ1) is 13.3. The van der Waals surface area contributed by atoms with Crippen molar-refractivity contribution in [2.45, 2.75) is 32.2 Å². The van der Waals surface area contributed by atoms with Crippen LogP contribution in [0.5, 0.6) is 5.75 Å². The van der Waals surface area contributed by atoms with Gasteiger partial charge in [0.1, 0.15) is 5.75 Å². The van der Waals surface area contributed by atoms with Crippen molar-refractivity contribution in [1.82, 2.24) is 9.71 Å². The van der Waals surface area contributed by atoms with Gasteiger partial charge in [-0.05, 0) is 74.4 Å². The molecule has 3 aromatic rings. The normalized spacial score (nSPS) is 11.4. The minimum absolute atomic E-state index is 0.163. The lowest BCUT2D eigenvalue weighted by Crippen LogP contribution is -2.24. The van der Waals surface area contributed by atoms with Crippen LogP contribution in [0.15, 0.2) is 59.5 Å². The Bertz CT molecular complexity index is 1070. The summed E-state index contributed by atoms with van der Waals surface area (Å²) in [4.78, 5) is 4.92. The van der Waals surface area contributed by atoms with Crippen LogP contribution in [-0.4, -0.2) is 20.5 Å². The third-order valence-corrected chi connectivity index (χ3v) is 6.03. The fourth-order valence-electron chi connectivity index (χ4n) is 3.04. The Morgan fingerprint density at radius 3 is 2.21 bits per heavy atom. The molecule has 0 aliphatic rings. The molecule has 28 heavy (non-hydrogen) atoms. The molecule has 146 valence electrons. The first kappa shape index (κ1) is 20.0. The van der Waals surface area contributed by atoms with Gasteiger partial charge in [0, 0.05) is 17.8 Å².